The predicted octanol–water partition coefficient (Wildman–Crippen LogP) is 3.86. The van der Waals surface area contributed by atoms with Crippen LogP contribution in [0.25, 0.3) is 0 Å². The maximum atomic E-state index is 13.2. The van der Waals surface area contributed by atoms with Gasteiger partial charge in [0.15, 0.2) is 0 Å². The third-order valence-electron chi connectivity index (χ3n) is 2.85. The summed E-state index contributed by atoms with van der Waals surface area (Å²) in [6.07, 6.45) is 0. The van der Waals surface area contributed by atoms with Gasteiger partial charge in [-0.3, -0.25) is 0 Å². The van der Waals surface area contributed by atoms with Crippen LogP contribution in [0.4, 0.5) is 4.39 Å². The van der Waals surface area contributed by atoms with E-state index in [9.17, 15) is 9.18 Å². The molecular formula is C15H16FNO3S. The molecule has 0 aliphatic carbocycles. The lowest BCUT2D eigenvalue weighted by molar-refractivity contribution is 0.0691. The minimum Gasteiger partial charge on any atom is -0.485 e. The first-order chi connectivity index (χ1) is 9.77. The molecule has 0 saturated carbocycles. The average molecular weight is 309 g/mol. The highest BCUT2D eigenvalue weighted by Gasteiger charge is 2.18. The molecule has 0 aliphatic heterocycles. The molecule has 6 heteroatoms. The van der Waals surface area contributed by atoms with Crippen LogP contribution in [0, 0.1) is 5.82 Å². The molecule has 2 rings (SSSR count). The van der Waals surface area contributed by atoms with Crippen LogP contribution in [0.1, 0.15) is 41.8 Å². The standard InChI is InChI=1S/C15H16FNO3S/c1-15(2,3)12-8-21-13(17-12)7-20-11-6-9(16)4-5-10(11)14(18)19/h4-6,8H,7H2,1-3H3,(H,18,19). The third-order valence-corrected chi connectivity index (χ3v) is 3.67. The summed E-state index contributed by atoms with van der Waals surface area (Å²) in [6.45, 7) is 6.29. The molecule has 0 bridgehead atoms. The second-order valence-corrected chi connectivity index (χ2v) is 6.55. The van der Waals surface area contributed by atoms with Crippen LogP contribution < -0.4 is 4.74 Å². The molecule has 0 radical (unpaired) electrons. The summed E-state index contributed by atoms with van der Waals surface area (Å²) in [5, 5.41) is 11.7. The first kappa shape index (κ1) is 15.4. The van der Waals surface area contributed by atoms with Crippen molar-refractivity contribution in [3.05, 3.63) is 45.7 Å². The molecule has 0 saturated heterocycles. The fraction of sp³-hybridized carbons (Fsp3) is 0.333. The summed E-state index contributed by atoms with van der Waals surface area (Å²) in [7, 11) is 0. The molecule has 112 valence electrons. The van der Waals surface area contributed by atoms with Crippen molar-refractivity contribution < 1.29 is 19.0 Å². The molecular weight excluding hydrogens is 293 g/mol. The number of aromatic carboxylic acids is 1. The first-order valence-corrected chi connectivity index (χ1v) is 7.26. The van der Waals surface area contributed by atoms with Crippen molar-refractivity contribution >= 4 is 17.3 Å². The SMILES string of the molecule is CC(C)(C)c1csc(COc2cc(F)ccc2C(=O)O)n1. The minimum absolute atomic E-state index is 0.00927. The van der Waals surface area contributed by atoms with Crippen LogP contribution in [0.3, 0.4) is 0 Å². The van der Waals surface area contributed by atoms with E-state index in [1.165, 1.54) is 17.4 Å². The molecule has 0 spiro atoms. The first-order valence-electron chi connectivity index (χ1n) is 6.38. The molecule has 1 N–H and O–H groups in total. The Morgan fingerprint density at radius 1 is 1.43 bits per heavy atom. The van der Waals surface area contributed by atoms with Crippen molar-refractivity contribution in [3.8, 4) is 5.75 Å². The molecule has 1 aromatic carbocycles. The van der Waals surface area contributed by atoms with E-state index in [0.717, 1.165) is 22.8 Å². The van der Waals surface area contributed by atoms with Gasteiger partial charge in [-0.1, -0.05) is 20.8 Å². The van der Waals surface area contributed by atoms with Crippen LogP contribution in [0.5, 0.6) is 5.75 Å². The van der Waals surface area contributed by atoms with Crippen molar-refractivity contribution in [2.45, 2.75) is 32.8 Å². The Hall–Kier alpha value is -1.95. The van der Waals surface area contributed by atoms with Gasteiger partial charge in [0.25, 0.3) is 0 Å². The number of halogens is 1. The Kier molecular flexibility index (Phi) is 4.27. The topological polar surface area (TPSA) is 59.4 Å². The number of carboxylic acid groups (broad SMARTS) is 1. The van der Waals surface area contributed by atoms with Crippen LogP contribution in [-0.4, -0.2) is 16.1 Å². The molecule has 21 heavy (non-hydrogen) atoms. The molecule has 2 aromatic rings. The quantitative estimate of drug-likeness (QED) is 0.931. The largest absolute Gasteiger partial charge is 0.485 e. The number of carboxylic acids is 1. The number of benzene rings is 1. The van der Waals surface area contributed by atoms with Gasteiger partial charge in [-0.2, -0.15) is 0 Å². The summed E-state index contributed by atoms with van der Waals surface area (Å²) in [6, 6.07) is 3.36. The second kappa shape index (κ2) is 5.81. The van der Waals surface area contributed by atoms with Gasteiger partial charge in [-0.05, 0) is 12.1 Å². The lowest BCUT2D eigenvalue weighted by atomic mass is 9.93. The van der Waals surface area contributed by atoms with Gasteiger partial charge in [0.1, 0.15) is 28.7 Å². The molecule has 1 aromatic heterocycles. The van der Waals surface area contributed by atoms with Crippen LogP contribution >= 0.6 is 11.3 Å². The maximum absolute atomic E-state index is 13.2. The number of ether oxygens (including phenoxy) is 1. The summed E-state index contributed by atoms with van der Waals surface area (Å²) in [5.74, 6) is -1.68. The number of nitrogens with zero attached hydrogens (tertiary/aromatic N) is 1. The molecule has 4 nitrogen and oxygen atoms in total. The maximum Gasteiger partial charge on any atom is 0.339 e. The van der Waals surface area contributed by atoms with E-state index < -0.39 is 11.8 Å². The van der Waals surface area contributed by atoms with E-state index in [4.69, 9.17) is 9.84 Å². The number of rotatable bonds is 4. The summed E-state index contributed by atoms with van der Waals surface area (Å²) >= 11 is 1.44. The van der Waals surface area contributed by atoms with Crippen LogP contribution in [0.15, 0.2) is 23.6 Å². The van der Waals surface area contributed by atoms with Crippen molar-refractivity contribution in [1.82, 2.24) is 4.98 Å². The average Bonchev–Trinajstić information content (AvgIpc) is 2.84. The zero-order chi connectivity index (χ0) is 15.6. The van der Waals surface area contributed by atoms with Gasteiger partial charge >= 0.3 is 5.97 Å². The normalized spacial score (nSPS) is 11.4. The Morgan fingerprint density at radius 3 is 2.71 bits per heavy atom. The molecule has 0 amide bonds. The highest BCUT2D eigenvalue weighted by Crippen LogP contribution is 2.26. The molecule has 0 fully saturated rings. The van der Waals surface area contributed by atoms with Crippen molar-refractivity contribution in [2.24, 2.45) is 0 Å². The summed E-state index contributed by atoms with van der Waals surface area (Å²) in [4.78, 5) is 15.5. The monoisotopic (exact) mass is 309 g/mol. The van der Waals surface area contributed by atoms with E-state index in [-0.39, 0.29) is 23.3 Å². The van der Waals surface area contributed by atoms with Gasteiger partial charge in [-0.25, -0.2) is 14.2 Å². The van der Waals surface area contributed by atoms with E-state index in [1.54, 1.807) is 0 Å². The lowest BCUT2D eigenvalue weighted by Gasteiger charge is -2.14. The fourth-order valence-corrected chi connectivity index (χ4v) is 2.59. The van der Waals surface area contributed by atoms with Crippen molar-refractivity contribution in [2.75, 3.05) is 0 Å². The van der Waals surface area contributed by atoms with Crippen molar-refractivity contribution in [1.29, 1.82) is 0 Å². The summed E-state index contributed by atoms with van der Waals surface area (Å²) < 4.78 is 18.6. The number of thiazole rings is 1. The summed E-state index contributed by atoms with van der Waals surface area (Å²) in [5.41, 5.74) is 0.826. The molecule has 0 aliphatic rings. The number of aromatic nitrogens is 1. The predicted molar refractivity (Wildman–Crippen MR) is 78.5 cm³/mol. The van der Waals surface area contributed by atoms with E-state index >= 15 is 0 Å². The van der Waals surface area contributed by atoms with Gasteiger partial charge in [-0.15, -0.1) is 11.3 Å². The third kappa shape index (κ3) is 3.78. The van der Waals surface area contributed by atoms with E-state index in [1.807, 2.05) is 5.38 Å². The lowest BCUT2D eigenvalue weighted by Crippen LogP contribution is -2.11. The van der Waals surface area contributed by atoms with Crippen molar-refractivity contribution in [3.63, 3.8) is 0 Å². The number of hydrogen-bond acceptors (Lipinski definition) is 4. The molecule has 0 unspecified atom stereocenters. The zero-order valence-electron chi connectivity index (χ0n) is 12.0. The highest BCUT2D eigenvalue weighted by atomic mass is 32.1. The van der Waals surface area contributed by atoms with Gasteiger partial charge in [0, 0.05) is 16.9 Å². The molecule has 0 atom stereocenters. The minimum atomic E-state index is -1.15. The second-order valence-electron chi connectivity index (χ2n) is 5.61. The number of carbonyl (C=O) groups is 1. The van der Waals surface area contributed by atoms with E-state index in [0.29, 0.717) is 0 Å². The molecule has 1 heterocycles. The fourth-order valence-electron chi connectivity index (χ4n) is 1.65. The van der Waals surface area contributed by atoms with Gasteiger partial charge in [0.2, 0.25) is 0 Å². The highest BCUT2D eigenvalue weighted by molar-refractivity contribution is 7.09. The Bertz CT molecular complexity index is 661. The Labute approximate surface area is 126 Å². The van der Waals surface area contributed by atoms with Crippen LogP contribution in [-0.2, 0) is 12.0 Å². The van der Waals surface area contributed by atoms with Crippen LogP contribution in [0.2, 0.25) is 0 Å². The Balaban J connectivity index is 2.15. The van der Waals surface area contributed by atoms with Gasteiger partial charge in [0.05, 0.1) is 5.69 Å². The van der Waals surface area contributed by atoms with E-state index in [2.05, 4.69) is 25.8 Å². The number of hydrogen-bond donors (Lipinski definition) is 1. The Morgan fingerprint density at radius 2 is 2.14 bits per heavy atom. The van der Waals surface area contributed by atoms with Gasteiger partial charge < -0.3 is 9.84 Å². The zero-order valence-corrected chi connectivity index (χ0v) is 12.8. The smallest absolute Gasteiger partial charge is 0.339 e.